The number of benzene rings is 2. The van der Waals surface area contributed by atoms with E-state index in [9.17, 15) is 18.8 Å². The highest BCUT2D eigenvalue weighted by atomic mass is 19.1. The average Bonchev–Trinajstić information content (AvgIpc) is 2.93. The van der Waals surface area contributed by atoms with Crippen molar-refractivity contribution < 1.29 is 18.8 Å². The van der Waals surface area contributed by atoms with E-state index < -0.39 is 23.3 Å². The van der Waals surface area contributed by atoms with Crippen molar-refractivity contribution in [2.24, 2.45) is 0 Å². The zero-order valence-corrected chi connectivity index (χ0v) is 15.3. The summed E-state index contributed by atoms with van der Waals surface area (Å²) in [5.74, 6) is -1.24. The molecule has 140 valence electrons. The van der Waals surface area contributed by atoms with Gasteiger partial charge >= 0.3 is 6.03 Å². The van der Waals surface area contributed by atoms with Gasteiger partial charge in [0.15, 0.2) is 5.78 Å². The van der Waals surface area contributed by atoms with E-state index in [1.54, 1.807) is 19.1 Å². The van der Waals surface area contributed by atoms with E-state index in [1.807, 2.05) is 19.1 Å². The van der Waals surface area contributed by atoms with E-state index in [1.165, 1.54) is 24.3 Å². The average molecular weight is 368 g/mol. The summed E-state index contributed by atoms with van der Waals surface area (Å²) in [5, 5.41) is 2.69. The van der Waals surface area contributed by atoms with Crippen LogP contribution in [0.15, 0.2) is 48.5 Å². The third-order valence-corrected chi connectivity index (χ3v) is 5.03. The van der Waals surface area contributed by atoms with Crippen LogP contribution in [-0.2, 0) is 16.8 Å². The van der Waals surface area contributed by atoms with Crippen LogP contribution in [0, 0.1) is 5.82 Å². The Hall–Kier alpha value is -3.02. The van der Waals surface area contributed by atoms with Crippen LogP contribution in [0.5, 0.6) is 0 Å². The van der Waals surface area contributed by atoms with Gasteiger partial charge in [0, 0.05) is 5.56 Å². The van der Waals surface area contributed by atoms with Crippen molar-refractivity contribution >= 4 is 17.7 Å². The zero-order valence-electron chi connectivity index (χ0n) is 15.3. The summed E-state index contributed by atoms with van der Waals surface area (Å²) in [4.78, 5) is 38.9. The van der Waals surface area contributed by atoms with Gasteiger partial charge in [-0.2, -0.15) is 0 Å². The smallest absolute Gasteiger partial charge is 0.319 e. The molecule has 2 aromatic rings. The van der Waals surface area contributed by atoms with E-state index in [0.717, 1.165) is 16.9 Å². The molecule has 6 heteroatoms. The summed E-state index contributed by atoms with van der Waals surface area (Å²) in [5.41, 5.74) is 0.760. The molecule has 1 aliphatic heterocycles. The molecule has 0 aromatic heterocycles. The largest absolute Gasteiger partial charge is 0.325 e. The molecule has 2 aromatic carbocycles. The predicted molar refractivity (Wildman–Crippen MR) is 98.8 cm³/mol. The topological polar surface area (TPSA) is 66.5 Å². The Morgan fingerprint density at radius 1 is 1.04 bits per heavy atom. The molecule has 1 atom stereocenters. The molecule has 3 amide bonds. The molecule has 3 rings (SSSR count). The van der Waals surface area contributed by atoms with Crippen LogP contribution in [0.25, 0.3) is 0 Å². The Kier molecular flexibility index (Phi) is 5.08. The number of halogens is 1. The minimum Gasteiger partial charge on any atom is -0.319 e. The molecule has 0 bridgehead atoms. The van der Waals surface area contributed by atoms with Crippen molar-refractivity contribution in [2.75, 3.05) is 6.54 Å². The van der Waals surface area contributed by atoms with Gasteiger partial charge in [-0.15, -0.1) is 0 Å². The van der Waals surface area contributed by atoms with Crippen LogP contribution in [-0.4, -0.2) is 29.2 Å². The van der Waals surface area contributed by atoms with Crippen molar-refractivity contribution in [3.63, 3.8) is 0 Å². The molecule has 1 aliphatic rings. The molecule has 1 heterocycles. The molecular formula is C21H21FN2O3. The van der Waals surface area contributed by atoms with Gasteiger partial charge in [-0.25, -0.2) is 9.18 Å². The number of nitrogens with zero attached hydrogens (tertiary/aromatic N) is 1. The van der Waals surface area contributed by atoms with Crippen molar-refractivity contribution in [3.05, 3.63) is 71.0 Å². The van der Waals surface area contributed by atoms with Crippen molar-refractivity contribution in [2.45, 2.75) is 32.2 Å². The van der Waals surface area contributed by atoms with Crippen LogP contribution in [0.2, 0.25) is 0 Å². The quantitative estimate of drug-likeness (QED) is 0.627. The van der Waals surface area contributed by atoms with Gasteiger partial charge < -0.3 is 5.32 Å². The standard InChI is InChI=1S/C21H21FN2O3/c1-3-14-5-7-15(8-6-14)18(25)13-24-19(26)21(4-2,23-20(24)27)16-9-11-17(22)12-10-16/h5-12H,3-4,13H2,1-2H3,(H,23,27)/t21-/m1/s1. The van der Waals surface area contributed by atoms with Crippen LogP contribution >= 0.6 is 0 Å². The Morgan fingerprint density at radius 2 is 1.67 bits per heavy atom. The fourth-order valence-corrected chi connectivity index (χ4v) is 3.30. The first-order chi connectivity index (χ1) is 12.9. The lowest BCUT2D eigenvalue weighted by Crippen LogP contribution is -2.43. The number of urea groups is 1. The van der Waals surface area contributed by atoms with Crippen molar-refractivity contribution in [1.29, 1.82) is 0 Å². The highest BCUT2D eigenvalue weighted by molar-refractivity contribution is 6.11. The Morgan fingerprint density at radius 3 is 2.22 bits per heavy atom. The number of carbonyl (C=O) groups excluding carboxylic acids is 3. The number of imide groups is 1. The monoisotopic (exact) mass is 368 g/mol. The first kappa shape index (κ1) is 18.8. The first-order valence-corrected chi connectivity index (χ1v) is 8.93. The molecule has 1 fully saturated rings. The SMILES string of the molecule is CCc1ccc(C(=O)CN2C(=O)N[C@](CC)(c3ccc(F)cc3)C2=O)cc1. The Bertz CT molecular complexity index is 877. The molecular weight excluding hydrogens is 347 g/mol. The number of ketones is 1. The van der Waals surface area contributed by atoms with Crippen molar-refractivity contribution in [1.82, 2.24) is 10.2 Å². The van der Waals surface area contributed by atoms with Crippen LogP contribution in [0.1, 0.15) is 41.8 Å². The van der Waals surface area contributed by atoms with E-state index >= 15 is 0 Å². The maximum Gasteiger partial charge on any atom is 0.325 e. The Labute approximate surface area is 157 Å². The minimum atomic E-state index is -1.28. The minimum absolute atomic E-state index is 0.291. The summed E-state index contributed by atoms with van der Waals surface area (Å²) in [6, 6.07) is 11.9. The fourth-order valence-electron chi connectivity index (χ4n) is 3.30. The second-order valence-electron chi connectivity index (χ2n) is 6.56. The van der Waals surface area contributed by atoms with Gasteiger partial charge in [-0.1, -0.05) is 50.2 Å². The van der Waals surface area contributed by atoms with Gasteiger partial charge in [-0.05, 0) is 36.1 Å². The molecule has 0 unspecified atom stereocenters. The Balaban J connectivity index is 1.84. The zero-order chi connectivity index (χ0) is 19.6. The second-order valence-corrected chi connectivity index (χ2v) is 6.56. The summed E-state index contributed by atoms with van der Waals surface area (Å²) in [7, 11) is 0. The summed E-state index contributed by atoms with van der Waals surface area (Å²) in [6.07, 6.45) is 1.15. The number of hydrogen-bond acceptors (Lipinski definition) is 3. The molecule has 27 heavy (non-hydrogen) atoms. The maximum absolute atomic E-state index is 13.2. The molecule has 0 saturated carbocycles. The number of aryl methyl sites for hydroxylation is 1. The first-order valence-electron chi connectivity index (χ1n) is 8.93. The lowest BCUT2D eigenvalue weighted by atomic mass is 9.87. The lowest BCUT2D eigenvalue weighted by molar-refractivity contribution is -0.131. The third-order valence-electron chi connectivity index (χ3n) is 5.03. The summed E-state index contributed by atoms with van der Waals surface area (Å²) < 4.78 is 13.2. The third kappa shape index (κ3) is 3.35. The molecule has 0 aliphatic carbocycles. The number of carbonyl (C=O) groups is 3. The highest BCUT2D eigenvalue weighted by Crippen LogP contribution is 2.32. The van der Waals surface area contributed by atoms with Gasteiger partial charge in [0.2, 0.25) is 0 Å². The summed E-state index contributed by atoms with van der Waals surface area (Å²) >= 11 is 0. The molecule has 5 nitrogen and oxygen atoms in total. The van der Waals surface area contributed by atoms with E-state index in [4.69, 9.17) is 0 Å². The predicted octanol–water partition coefficient (Wildman–Crippen LogP) is 3.43. The van der Waals surface area contributed by atoms with Gasteiger partial charge in [0.05, 0.1) is 6.54 Å². The molecule has 1 saturated heterocycles. The maximum atomic E-state index is 13.2. The van der Waals surface area contributed by atoms with Crippen LogP contribution in [0.4, 0.5) is 9.18 Å². The molecule has 0 radical (unpaired) electrons. The lowest BCUT2D eigenvalue weighted by Gasteiger charge is -2.25. The summed E-state index contributed by atoms with van der Waals surface area (Å²) in [6.45, 7) is 3.44. The van der Waals surface area contributed by atoms with Crippen LogP contribution in [0.3, 0.4) is 0 Å². The van der Waals surface area contributed by atoms with E-state index in [0.29, 0.717) is 17.5 Å². The van der Waals surface area contributed by atoms with Gasteiger partial charge in [0.1, 0.15) is 11.4 Å². The number of hydrogen-bond donors (Lipinski definition) is 1. The van der Waals surface area contributed by atoms with Gasteiger partial charge in [0.25, 0.3) is 5.91 Å². The number of rotatable bonds is 6. The van der Waals surface area contributed by atoms with Crippen LogP contribution < -0.4 is 5.32 Å². The van der Waals surface area contributed by atoms with E-state index in [2.05, 4.69) is 5.32 Å². The number of amides is 3. The number of Topliss-reactive ketones (excluding diaryl/α,β-unsaturated/α-hetero) is 1. The highest BCUT2D eigenvalue weighted by Gasteiger charge is 2.51. The molecule has 1 N–H and O–H groups in total. The number of nitrogens with one attached hydrogen (secondary N) is 1. The van der Waals surface area contributed by atoms with Crippen molar-refractivity contribution in [3.8, 4) is 0 Å². The van der Waals surface area contributed by atoms with E-state index in [-0.39, 0.29) is 12.3 Å². The molecule has 0 spiro atoms. The van der Waals surface area contributed by atoms with Gasteiger partial charge in [-0.3, -0.25) is 14.5 Å². The normalized spacial score (nSPS) is 19.3. The second kappa shape index (κ2) is 7.31. The fraction of sp³-hybridized carbons (Fsp3) is 0.286.